The zero-order valence-electron chi connectivity index (χ0n) is 9.01. The minimum absolute atomic E-state index is 0.301. The number of aliphatic carboxylic acids is 1. The Labute approximate surface area is 89.7 Å². The van der Waals surface area contributed by atoms with Gasteiger partial charge in [0, 0.05) is 0 Å². The third-order valence-electron chi connectivity index (χ3n) is 1.98. The van der Waals surface area contributed by atoms with Gasteiger partial charge in [0.05, 0.1) is 0 Å². The van der Waals surface area contributed by atoms with E-state index in [1.807, 2.05) is 32.0 Å². The molecule has 0 aliphatic carbocycles. The number of carboxylic acid groups (broad SMARTS) is 1. The molecule has 82 valence electrons. The molecular weight excluding hydrogens is 192 g/mol. The summed E-state index contributed by atoms with van der Waals surface area (Å²) >= 11 is 0. The molecule has 15 heavy (non-hydrogen) atoms. The fraction of sp³-hybridized carbons (Fsp3) is 0.417. The van der Waals surface area contributed by atoms with E-state index < -0.39 is 12.1 Å². The molecule has 0 saturated heterocycles. The second-order valence-electron chi connectivity index (χ2n) is 3.89. The maximum Gasteiger partial charge on any atom is 0.344 e. The lowest BCUT2D eigenvalue weighted by Gasteiger charge is -2.16. The Morgan fingerprint density at radius 2 is 1.93 bits per heavy atom. The molecule has 1 N–H and O–H groups in total. The maximum atomic E-state index is 10.9. The van der Waals surface area contributed by atoms with E-state index in [1.165, 1.54) is 0 Å². The predicted octanol–water partition coefficient (Wildman–Crippen LogP) is 2.56. The van der Waals surface area contributed by atoms with Crippen LogP contribution in [0.15, 0.2) is 30.3 Å². The Bertz CT molecular complexity index is 306. The lowest BCUT2D eigenvalue weighted by atomic mass is 10.1. The van der Waals surface area contributed by atoms with Gasteiger partial charge in [0.1, 0.15) is 5.75 Å². The van der Waals surface area contributed by atoms with Crippen LogP contribution in [0.3, 0.4) is 0 Å². The third kappa shape index (κ3) is 4.02. The number of benzene rings is 1. The summed E-state index contributed by atoms with van der Waals surface area (Å²) in [4.78, 5) is 10.9. The molecule has 0 amide bonds. The highest BCUT2D eigenvalue weighted by molar-refractivity contribution is 5.72. The Kier molecular flexibility index (Phi) is 4.16. The summed E-state index contributed by atoms with van der Waals surface area (Å²) in [6.07, 6.45) is -0.239. The van der Waals surface area contributed by atoms with Gasteiger partial charge in [-0.25, -0.2) is 4.79 Å². The van der Waals surface area contributed by atoms with Crippen molar-refractivity contribution in [3.8, 4) is 5.75 Å². The van der Waals surface area contributed by atoms with Crippen LogP contribution in [0.2, 0.25) is 0 Å². The van der Waals surface area contributed by atoms with Crippen LogP contribution in [0.4, 0.5) is 0 Å². The van der Waals surface area contributed by atoms with Crippen molar-refractivity contribution < 1.29 is 14.6 Å². The molecule has 0 fully saturated rings. The van der Waals surface area contributed by atoms with Gasteiger partial charge in [0.15, 0.2) is 6.10 Å². The molecule has 1 rings (SSSR count). The second kappa shape index (κ2) is 5.39. The van der Waals surface area contributed by atoms with Gasteiger partial charge in [-0.15, -0.1) is 0 Å². The van der Waals surface area contributed by atoms with Crippen LogP contribution in [0.5, 0.6) is 5.75 Å². The number of rotatable bonds is 5. The molecule has 0 aromatic heterocycles. The molecule has 1 atom stereocenters. The average Bonchev–Trinajstić information content (AvgIpc) is 2.17. The van der Waals surface area contributed by atoms with E-state index in [0.717, 1.165) is 0 Å². The summed E-state index contributed by atoms with van der Waals surface area (Å²) < 4.78 is 5.39. The van der Waals surface area contributed by atoms with Crippen LogP contribution in [0.25, 0.3) is 0 Å². The molecule has 1 unspecified atom stereocenters. The Balaban J connectivity index is 2.63. The number of carboxylic acids is 1. The second-order valence-corrected chi connectivity index (χ2v) is 3.89. The number of carbonyl (C=O) groups is 1. The molecule has 1 aromatic rings. The largest absolute Gasteiger partial charge is 0.479 e. The van der Waals surface area contributed by atoms with Crippen LogP contribution in [0, 0.1) is 5.92 Å². The molecule has 3 nitrogen and oxygen atoms in total. The lowest BCUT2D eigenvalue weighted by molar-refractivity contribution is -0.145. The van der Waals surface area contributed by atoms with E-state index in [0.29, 0.717) is 18.1 Å². The highest BCUT2D eigenvalue weighted by Gasteiger charge is 2.20. The Morgan fingerprint density at radius 1 is 1.33 bits per heavy atom. The molecule has 0 spiro atoms. The zero-order chi connectivity index (χ0) is 11.3. The van der Waals surface area contributed by atoms with Gasteiger partial charge >= 0.3 is 5.97 Å². The molecule has 0 saturated carbocycles. The first-order valence-corrected chi connectivity index (χ1v) is 5.04. The normalized spacial score (nSPS) is 12.5. The van der Waals surface area contributed by atoms with Crippen molar-refractivity contribution in [2.75, 3.05) is 0 Å². The predicted molar refractivity (Wildman–Crippen MR) is 57.9 cm³/mol. The van der Waals surface area contributed by atoms with Gasteiger partial charge in [-0.1, -0.05) is 32.0 Å². The Morgan fingerprint density at radius 3 is 2.40 bits per heavy atom. The van der Waals surface area contributed by atoms with Gasteiger partial charge in [-0.3, -0.25) is 0 Å². The van der Waals surface area contributed by atoms with E-state index in [-0.39, 0.29) is 0 Å². The molecule has 0 bridgehead atoms. The molecule has 0 aliphatic heterocycles. The first kappa shape index (κ1) is 11.6. The molecule has 0 heterocycles. The zero-order valence-corrected chi connectivity index (χ0v) is 9.01. The number of para-hydroxylation sites is 1. The highest BCUT2D eigenvalue weighted by Crippen LogP contribution is 2.15. The van der Waals surface area contributed by atoms with Crippen LogP contribution in [-0.4, -0.2) is 17.2 Å². The SMILES string of the molecule is CC(C)CC(Oc1ccccc1)C(=O)O. The van der Waals surface area contributed by atoms with Gasteiger partial charge in [-0.05, 0) is 24.5 Å². The molecule has 3 heteroatoms. The van der Waals surface area contributed by atoms with Crippen molar-refractivity contribution in [3.63, 3.8) is 0 Å². The van der Waals surface area contributed by atoms with Crippen molar-refractivity contribution in [3.05, 3.63) is 30.3 Å². The van der Waals surface area contributed by atoms with Gasteiger partial charge in [0.2, 0.25) is 0 Å². The summed E-state index contributed by atoms with van der Waals surface area (Å²) in [5.74, 6) is -0.00656. The highest BCUT2D eigenvalue weighted by atomic mass is 16.5. The summed E-state index contributed by atoms with van der Waals surface area (Å²) in [6, 6.07) is 9.03. The number of hydrogen-bond acceptors (Lipinski definition) is 2. The van der Waals surface area contributed by atoms with E-state index in [1.54, 1.807) is 12.1 Å². The molecule has 0 radical (unpaired) electrons. The van der Waals surface area contributed by atoms with E-state index in [4.69, 9.17) is 9.84 Å². The van der Waals surface area contributed by atoms with E-state index >= 15 is 0 Å². The van der Waals surface area contributed by atoms with E-state index in [2.05, 4.69) is 0 Å². The van der Waals surface area contributed by atoms with Gasteiger partial charge in [-0.2, -0.15) is 0 Å². The van der Waals surface area contributed by atoms with Crippen LogP contribution < -0.4 is 4.74 Å². The van der Waals surface area contributed by atoms with Gasteiger partial charge < -0.3 is 9.84 Å². The summed E-state index contributed by atoms with van der Waals surface area (Å²) in [5, 5.41) is 8.96. The lowest BCUT2D eigenvalue weighted by Crippen LogP contribution is -2.28. The minimum atomic E-state index is -0.910. The van der Waals surface area contributed by atoms with Crippen LogP contribution in [-0.2, 0) is 4.79 Å². The minimum Gasteiger partial charge on any atom is -0.479 e. The van der Waals surface area contributed by atoms with Crippen LogP contribution in [0.1, 0.15) is 20.3 Å². The monoisotopic (exact) mass is 208 g/mol. The van der Waals surface area contributed by atoms with E-state index in [9.17, 15) is 4.79 Å². The number of hydrogen-bond donors (Lipinski definition) is 1. The summed E-state index contributed by atoms with van der Waals surface area (Å²) in [7, 11) is 0. The van der Waals surface area contributed by atoms with Crippen molar-refractivity contribution in [1.29, 1.82) is 0 Å². The van der Waals surface area contributed by atoms with Crippen molar-refractivity contribution in [2.45, 2.75) is 26.4 Å². The smallest absolute Gasteiger partial charge is 0.344 e. The average molecular weight is 208 g/mol. The summed E-state index contributed by atoms with van der Waals surface area (Å²) in [6.45, 7) is 3.95. The first-order chi connectivity index (χ1) is 7.09. The van der Waals surface area contributed by atoms with Crippen molar-refractivity contribution in [2.24, 2.45) is 5.92 Å². The fourth-order valence-electron chi connectivity index (χ4n) is 1.29. The quantitative estimate of drug-likeness (QED) is 0.808. The Hall–Kier alpha value is -1.51. The fourth-order valence-corrected chi connectivity index (χ4v) is 1.29. The maximum absolute atomic E-state index is 10.9. The molecule has 0 aliphatic rings. The molecular formula is C12H16O3. The van der Waals surface area contributed by atoms with Gasteiger partial charge in [0.25, 0.3) is 0 Å². The number of ether oxygens (including phenoxy) is 1. The van der Waals surface area contributed by atoms with Crippen molar-refractivity contribution in [1.82, 2.24) is 0 Å². The topological polar surface area (TPSA) is 46.5 Å². The van der Waals surface area contributed by atoms with Crippen molar-refractivity contribution >= 4 is 5.97 Å². The third-order valence-corrected chi connectivity index (χ3v) is 1.98. The first-order valence-electron chi connectivity index (χ1n) is 5.04. The molecule has 1 aromatic carbocycles. The summed E-state index contributed by atoms with van der Waals surface area (Å²) in [5.41, 5.74) is 0. The standard InChI is InChI=1S/C12H16O3/c1-9(2)8-11(12(13)14)15-10-6-4-3-5-7-10/h3-7,9,11H,8H2,1-2H3,(H,13,14). The van der Waals surface area contributed by atoms with Crippen LogP contribution >= 0.6 is 0 Å².